The van der Waals surface area contributed by atoms with Crippen molar-refractivity contribution < 1.29 is 0 Å². The van der Waals surface area contributed by atoms with Gasteiger partial charge in [-0.2, -0.15) is 5.10 Å². The molecule has 1 saturated carbocycles. The fourth-order valence-electron chi connectivity index (χ4n) is 5.25. The van der Waals surface area contributed by atoms with Crippen molar-refractivity contribution >= 4 is 11.0 Å². The Bertz CT molecular complexity index is 965. The van der Waals surface area contributed by atoms with Crippen LogP contribution in [0.3, 0.4) is 0 Å². The second-order valence-electron chi connectivity index (χ2n) is 8.97. The van der Waals surface area contributed by atoms with Gasteiger partial charge in [-0.25, -0.2) is 4.98 Å². The number of H-pyrrole nitrogens is 1. The molecule has 0 spiro atoms. The first-order chi connectivity index (χ1) is 14.2. The zero-order valence-corrected chi connectivity index (χ0v) is 17.6. The Labute approximate surface area is 172 Å². The molecule has 0 atom stereocenters. The molecule has 1 saturated heterocycles. The fourth-order valence-corrected chi connectivity index (χ4v) is 5.25. The molecule has 3 aromatic heterocycles. The van der Waals surface area contributed by atoms with Crippen LogP contribution >= 0.6 is 0 Å². The van der Waals surface area contributed by atoms with Gasteiger partial charge in [0.15, 0.2) is 0 Å². The lowest BCUT2D eigenvalue weighted by Gasteiger charge is -2.36. The summed E-state index contributed by atoms with van der Waals surface area (Å²) in [6, 6.07) is 3.14. The number of hydrogen-bond donors (Lipinski definition) is 1. The summed E-state index contributed by atoms with van der Waals surface area (Å²) in [4.78, 5) is 13.3. The molecule has 2 aliphatic rings. The van der Waals surface area contributed by atoms with E-state index in [1.165, 1.54) is 74.8 Å². The van der Waals surface area contributed by atoms with Crippen molar-refractivity contribution in [2.45, 2.75) is 44.1 Å². The van der Waals surface area contributed by atoms with Gasteiger partial charge < -0.3 is 9.88 Å². The second-order valence-corrected chi connectivity index (χ2v) is 8.97. The average molecular weight is 393 g/mol. The molecule has 0 unspecified atom stereocenters. The zero-order valence-electron chi connectivity index (χ0n) is 17.6. The highest BCUT2D eigenvalue weighted by molar-refractivity contribution is 5.93. The van der Waals surface area contributed by atoms with E-state index in [0.717, 1.165) is 17.3 Å². The van der Waals surface area contributed by atoms with Crippen molar-refractivity contribution in [3.63, 3.8) is 0 Å². The Hall–Kier alpha value is -2.18. The van der Waals surface area contributed by atoms with E-state index in [0.29, 0.717) is 5.92 Å². The third-order valence-corrected chi connectivity index (χ3v) is 7.01. The molecule has 2 fully saturated rings. The first-order valence-electron chi connectivity index (χ1n) is 11.1. The lowest BCUT2D eigenvalue weighted by molar-refractivity contribution is 0.154. The number of aromatic nitrogens is 4. The van der Waals surface area contributed by atoms with Gasteiger partial charge in [0.2, 0.25) is 0 Å². The minimum atomic E-state index is 0.634. The molecule has 0 amide bonds. The van der Waals surface area contributed by atoms with Gasteiger partial charge in [0.1, 0.15) is 5.65 Å². The smallest absolute Gasteiger partial charge is 0.137 e. The summed E-state index contributed by atoms with van der Waals surface area (Å²) in [6.07, 6.45) is 14.6. The molecule has 0 bridgehead atoms. The van der Waals surface area contributed by atoms with Crippen LogP contribution in [-0.2, 0) is 7.05 Å². The molecule has 29 heavy (non-hydrogen) atoms. The average Bonchev–Trinajstić information content (AvgIpc) is 3.29. The highest BCUT2D eigenvalue weighted by Crippen LogP contribution is 2.37. The minimum Gasteiger partial charge on any atom is -0.346 e. The van der Waals surface area contributed by atoms with Gasteiger partial charge in [-0.05, 0) is 69.8 Å². The molecule has 0 radical (unpaired) electrons. The van der Waals surface area contributed by atoms with Gasteiger partial charge in [0, 0.05) is 61.3 Å². The number of nitrogens with zero attached hydrogens (tertiary/aromatic N) is 5. The summed E-state index contributed by atoms with van der Waals surface area (Å²) in [7, 11) is 4.22. The van der Waals surface area contributed by atoms with Crippen LogP contribution in [0.5, 0.6) is 0 Å². The second kappa shape index (κ2) is 7.92. The van der Waals surface area contributed by atoms with E-state index in [2.05, 4.69) is 51.6 Å². The van der Waals surface area contributed by atoms with E-state index in [4.69, 9.17) is 4.98 Å². The van der Waals surface area contributed by atoms with E-state index < -0.39 is 0 Å². The first kappa shape index (κ1) is 18.8. The fraction of sp³-hybridized carbons (Fsp3) is 0.565. The largest absolute Gasteiger partial charge is 0.346 e. The Morgan fingerprint density at radius 2 is 1.86 bits per heavy atom. The van der Waals surface area contributed by atoms with Crippen LogP contribution in [0.1, 0.15) is 43.6 Å². The molecule has 3 aromatic rings. The summed E-state index contributed by atoms with van der Waals surface area (Å²) in [6.45, 7) is 4.96. The predicted octanol–water partition coefficient (Wildman–Crippen LogP) is 3.63. The standard InChI is InChI=1S/C23H32N6/c1-27-8-3-9-29(11-10-27)20-6-4-17(5-7-20)18-12-21-22(15-25-23(21)24-13-18)19-14-26-28(2)16-19/h12-17,20H,3-11H2,1-2H3,(H,24,25)/t17-,20-. The van der Waals surface area contributed by atoms with E-state index in [-0.39, 0.29) is 0 Å². The summed E-state index contributed by atoms with van der Waals surface area (Å²) in [5.41, 5.74) is 4.71. The normalized spacial score (nSPS) is 24.8. The number of aromatic amines is 1. The van der Waals surface area contributed by atoms with Crippen molar-refractivity contribution in [1.82, 2.24) is 29.5 Å². The molecular formula is C23H32N6. The van der Waals surface area contributed by atoms with Crippen LogP contribution in [0.2, 0.25) is 0 Å². The number of fused-ring (bicyclic) bond motifs is 1. The highest BCUT2D eigenvalue weighted by atomic mass is 15.2. The number of aryl methyl sites for hydroxylation is 1. The Morgan fingerprint density at radius 1 is 1.00 bits per heavy atom. The van der Waals surface area contributed by atoms with Crippen molar-refractivity contribution in [3.05, 3.63) is 36.4 Å². The van der Waals surface area contributed by atoms with E-state index in [1.807, 2.05) is 17.9 Å². The molecule has 154 valence electrons. The van der Waals surface area contributed by atoms with Crippen LogP contribution in [0, 0.1) is 0 Å². The lowest BCUT2D eigenvalue weighted by Crippen LogP contribution is -2.40. The summed E-state index contributed by atoms with van der Waals surface area (Å²) in [5.74, 6) is 0.634. The molecule has 6 nitrogen and oxygen atoms in total. The minimum absolute atomic E-state index is 0.634. The third-order valence-electron chi connectivity index (χ3n) is 7.01. The van der Waals surface area contributed by atoms with Crippen LogP contribution < -0.4 is 0 Å². The number of nitrogens with one attached hydrogen (secondary N) is 1. The highest BCUT2D eigenvalue weighted by Gasteiger charge is 2.28. The number of likely N-dealkylation sites (N-methyl/N-ethyl adjacent to an activating group) is 1. The topological polar surface area (TPSA) is 53.0 Å². The SMILES string of the molecule is CN1CCCN([C@H]2CC[C@H](c3cnc4[nH]cc(-c5cnn(C)c5)c4c3)CC2)CC1. The van der Waals surface area contributed by atoms with Gasteiger partial charge in [-0.1, -0.05) is 0 Å². The molecule has 6 heteroatoms. The first-order valence-corrected chi connectivity index (χ1v) is 11.1. The maximum absolute atomic E-state index is 4.74. The van der Waals surface area contributed by atoms with Gasteiger partial charge in [0.05, 0.1) is 6.20 Å². The maximum Gasteiger partial charge on any atom is 0.137 e. The number of rotatable bonds is 3. The Balaban J connectivity index is 1.30. The Kier molecular flexibility index (Phi) is 5.14. The van der Waals surface area contributed by atoms with Gasteiger partial charge in [0.25, 0.3) is 0 Å². The predicted molar refractivity (Wildman–Crippen MR) is 117 cm³/mol. The van der Waals surface area contributed by atoms with Gasteiger partial charge in [-0.3, -0.25) is 9.58 Å². The van der Waals surface area contributed by atoms with Crippen LogP contribution in [0.25, 0.3) is 22.2 Å². The molecule has 1 N–H and O–H groups in total. The summed E-state index contributed by atoms with van der Waals surface area (Å²) >= 11 is 0. The third kappa shape index (κ3) is 3.83. The van der Waals surface area contributed by atoms with E-state index in [1.54, 1.807) is 0 Å². The van der Waals surface area contributed by atoms with Crippen LogP contribution in [0.15, 0.2) is 30.9 Å². The van der Waals surface area contributed by atoms with Crippen molar-refractivity contribution in [2.24, 2.45) is 7.05 Å². The number of hydrogen-bond acceptors (Lipinski definition) is 4. The maximum atomic E-state index is 4.74. The molecule has 5 rings (SSSR count). The number of pyridine rings is 1. The van der Waals surface area contributed by atoms with Gasteiger partial charge >= 0.3 is 0 Å². The van der Waals surface area contributed by atoms with E-state index in [9.17, 15) is 0 Å². The van der Waals surface area contributed by atoms with Crippen molar-refractivity contribution in [2.75, 3.05) is 33.2 Å². The molecule has 0 aromatic carbocycles. The van der Waals surface area contributed by atoms with Crippen LogP contribution in [-0.4, -0.2) is 68.8 Å². The monoisotopic (exact) mass is 392 g/mol. The summed E-state index contributed by atoms with van der Waals surface area (Å²) < 4.78 is 1.85. The summed E-state index contributed by atoms with van der Waals surface area (Å²) in [5, 5.41) is 5.55. The zero-order chi connectivity index (χ0) is 19.8. The quantitative estimate of drug-likeness (QED) is 0.740. The molecule has 4 heterocycles. The molecule has 1 aliphatic carbocycles. The van der Waals surface area contributed by atoms with E-state index >= 15 is 0 Å². The molecular weight excluding hydrogens is 360 g/mol. The Morgan fingerprint density at radius 3 is 2.66 bits per heavy atom. The molecule has 1 aliphatic heterocycles. The van der Waals surface area contributed by atoms with Gasteiger partial charge in [-0.15, -0.1) is 0 Å². The van der Waals surface area contributed by atoms with Crippen molar-refractivity contribution in [3.8, 4) is 11.1 Å². The van der Waals surface area contributed by atoms with Crippen molar-refractivity contribution in [1.29, 1.82) is 0 Å². The van der Waals surface area contributed by atoms with Crippen LogP contribution in [0.4, 0.5) is 0 Å². The lowest BCUT2D eigenvalue weighted by atomic mass is 9.81.